The molecule has 9 nitrogen and oxygen atoms in total. The van der Waals surface area contributed by atoms with Crippen LogP contribution in [0.3, 0.4) is 0 Å². The van der Waals surface area contributed by atoms with Gasteiger partial charge in [0.2, 0.25) is 0 Å². The minimum absolute atomic E-state index is 0.0193. The lowest BCUT2D eigenvalue weighted by Crippen LogP contribution is -2.14. The van der Waals surface area contributed by atoms with E-state index in [0.29, 0.717) is 59.5 Å². The molecule has 0 aromatic carbocycles. The van der Waals surface area contributed by atoms with Crippen LogP contribution in [0.25, 0.3) is 0 Å². The van der Waals surface area contributed by atoms with Crippen molar-refractivity contribution in [3.05, 3.63) is 0 Å². The molecule has 0 aliphatic carbocycles. The van der Waals surface area contributed by atoms with E-state index in [1.54, 1.807) is 0 Å². The topological polar surface area (TPSA) is 113 Å². The fourth-order valence-corrected chi connectivity index (χ4v) is 1.73. The zero-order valence-corrected chi connectivity index (χ0v) is 14.6. The fraction of sp³-hybridized carbons (Fsp3) is 1.00. The third-order valence-corrected chi connectivity index (χ3v) is 2.94. The van der Waals surface area contributed by atoms with Gasteiger partial charge in [-0.3, -0.25) is 4.57 Å². The van der Waals surface area contributed by atoms with Crippen LogP contribution in [-0.2, 0) is 32.8 Å². The number of hydrogen-bond acceptors (Lipinski definition) is 8. The minimum atomic E-state index is -3.41. The quantitative estimate of drug-likeness (QED) is 0.255. The highest BCUT2D eigenvalue weighted by Crippen LogP contribution is 2.35. The summed E-state index contributed by atoms with van der Waals surface area (Å²) in [6.07, 6.45) is 0. The smallest absolute Gasteiger partial charge is 0.325 e. The van der Waals surface area contributed by atoms with Crippen LogP contribution in [0.1, 0.15) is 0 Å². The number of aliphatic hydroxyl groups is 1. The number of hydrogen-bond donors (Lipinski definition) is 2. The Morgan fingerprint density at radius 2 is 0.957 bits per heavy atom. The standard InChI is InChI=1S/C13H29O9P/c1-23(15,16)22-13-12-21-11-10-20-9-8-19-7-6-18-5-4-17-3-2-14/h14H,2-13H2,1H3,(H,15,16). The molecular weight excluding hydrogens is 331 g/mol. The maximum absolute atomic E-state index is 10.8. The molecule has 23 heavy (non-hydrogen) atoms. The third kappa shape index (κ3) is 21.9. The van der Waals surface area contributed by atoms with E-state index in [1.807, 2.05) is 0 Å². The van der Waals surface area contributed by atoms with Crippen LogP contribution in [0.15, 0.2) is 0 Å². The zero-order valence-electron chi connectivity index (χ0n) is 13.7. The minimum Gasteiger partial charge on any atom is -0.394 e. The molecule has 0 aromatic heterocycles. The normalized spacial score (nSPS) is 14.0. The Kier molecular flexibility index (Phi) is 16.7. The van der Waals surface area contributed by atoms with Crippen LogP contribution in [-0.4, -0.2) is 95.9 Å². The molecule has 0 fully saturated rings. The molecule has 0 aliphatic heterocycles. The van der Waals surface area contributed by atoms with Gasteiger partial charge in [-0.25, -0.2) is 0 Å². The van der Waals surface area contributed by atoms with Gasteiger partial charge in [0, 0.05) is 6.66 Å². The molecule has 2 N–H and O–H groups in total. The van der Waals surface area contributed by atoms with Crippen molar-refractivity contribution in [3.63, 3.8) is 0 Å². The van der Waals surface area contributed by atoms with Gasteiger partial charge in [0.05, 0.1) is 79.3 Å². The van der Waals surface area contributed by atoms with E-state index in [9.17, 15) is 4.57 Å². The molecule has 1 atom stereocenters. The number of aliphatic hydroxyl groups excluding tert-OH is 1. The molecule has 1 unspecified atom stereocenters. The average Bonchev–Trinajstić information content (AvgIpc) is 2.49. The Morgan fingerprint density at radius 1 is 0.652 bits per heavy atom. The van der Waals surface area contributed by atoms with Gasteiger partial charge in [0.25, 0.3) is 0 Å². The van der Waals surface area contributed by atoms with E-state index in [0.717, 1.165) is 6.66 Å². The highest BCUT2D eigenvalue weighted by Gasteiger charge is 2.08. The van der Waals surface area contributed by atoms with E-state index in [1.165, 1.54) is 0 Å². The molecule has 0 saturated heterocycles. The molecule has 0 spiro atoms. The predicted molar refractivity (Wildman–Crippen MR) is 82.9 cm³/mol. The number of ether oxygens (including phenoxy) is 5. The Labute approximate surface area is 137 Å². The summed E-state index contributed by atoms with van der Waals surface area (Å²) < 4.78 is 41.4. The molecule has 0 bridgehead atoms. The van der Waals surface area contributed by atoms with E-state index in [4.69, 9.17) is 33.7 Å². The van der Waals surface area contributed by atoms with Crippen molar-refractivity contribution in [1.82, 2.24) is 0 Å². The monoisotopic (exact) mass is 360 g/mol. The first-order valence-electron chi connectivity index (χ1n) is 7.50. The zero-order chi connectivity index (χ0) is 17.2. The van der Waals surface area contributed by atoms with Crippen molar-refractivity contribution < 1.29 is 42.8 Å². The summed E-state index contributed by atoms with van der Waals surface area (Å²) in [5.41, 5.74) is 0. The summed E-state index contributed by atoms with van der Waals surface area (Å²) in [4.78, 5) is 8.86. The van der Waals surface area contributed by atoms with Gasteiger partial charge < -0.3 is 38.2 Å². The Morgan fingerprint density at radius 3 is 1.26 bits per heavy atom. The van der Waals surface area contributed by atoms with Crippen LogP contribution in [0.4, 0.5) is 0 Å². The molecule has 0 amide bonds. The van der Waals surface area contributed by atoms with Crippen LogP contribution >= 0.6 is 7.60 Å². The van der Waals surface area contributed by atoms with Crippen LogP contribution < -0.4 is 0 Å². The van der Waals surface area contributed by atoms with Crippen LogP contribution in [0.5, 0.6) is 0 Å². The van der Waals surface area contributed by atoms with Gasteiger partial charge >= 0.3 is 7.60 Å². The second kappa shape index (κ2) is 16.8. The van der Waals surface area contributed by atoms with Gasteiger partial charge in [-0.2, -0.15) is 0 Å². The number of rotatable bonds is 18. The lowest BCUT2D eigenvalue weighted by atomic mass is 10.7. The lowest BCUT2D eigenvalue weighted by molar-refractivity contribution is -0.0148. The SMILES string of the molecule is CP(=O)(O)OCCOCCOCCOCCOCCOCCO. The Balaban J connectivity index is 3.01. The summed E-state index contributed by atoms with van der Waals surface area (Å²) in [6.45, 7) is 5.45. The molecule has 0 aliphatic rings. The van der Waals surface area contributed by atoms with Crippen LogP contribution in [0, 0.1) is 0 Å². The summed E-state index contributed by atoms with van der Waals surface area (Å²) in [6, 6.07) is 0. The second-order valence-electron chi connectivity index (χ2n) is 4.42. The van der Waals surface area contributed by atoms with Crippen LogP contribution in [0.2, 0.25) is 0 Å². The second-order valence-corrected chi connectivity index (χ2v) is 6.29. The van der Waals surface area contributed by atoms with Gasteiger partial charge in [-0.1, -0.05) is 0 Å². The first-order valence-corrected chi connectivity index (χ1v) is 9.53. The molecule has 0 radical (unpaired) electrons. The van der Waals surface area contributed by atoms with Crippen molar-refractivity contribution in [2.24, 2.45) is 0 Å². The van der Waals surface area contributed by atoms with E-state index >= 15 is 0 Å². The lowest BCUT2D eigenvalue weighted by Gasteiger charge is -2.08. The third-order valence-electron chi connectivity index (χ3n) is 2.28. The molecule has 140 valence electrons. The summed E-state index contributed by atoms with van der Waals surface area (Å²) in [7, 11) is -3.41. The van der Waals surface area contributed by atoms with Gasteiger partial charge in [-0.05, 0) is 0 Å². The fourth-order valence-electron chi connectivity index (χ4n) is 1.31. The molecule has 10 heteroatoms. The summed E-state index contributed by atoms with van der Waals surface area (Å²) in [5, 5.41) is 8.48. The van der Waals surface area contributed by atoms with E-state index in [-0.39, 0.29) is 19.8 Å². The van der Waals surface area contributed by atoms with Crippen molar-refractivity contribution in [3.8, 4) is 0 Å². The largest absolute Gasteiger partial charge is 0.394 e. The van der Waals surface area contributed by atoms with Crippen molar-refractivity contribution in [2.75, 3.05) is 85.9 Å². The molecule has 0 rings (SSSR count). The van der Waals surface area contributed by atoms with E-state index < -0.39 is 7.60 Å². The molecular formula is C13H29O9P. The highest BCUT2D eigenvalue weighted by molar-refractivity contribution is 7.51. The Hall–Kier alpha value is -0.0900. The maximum atomic E-state index is 10.8. The van der Waals surface area contributed by atoms with Crippen molar-refractivity contribution in [1.29, 1.82) is 0 Å². The summed E-state index contributed by atoms with van der Waals surface area (Å²) >= 11 is 0. The first kappa shape index (κ1) is 22.9. The van der Waals surface area contributed by atoms with Gasteiger partial charge in [-0.15, -0.1) is 0 Å². The molecule has 0 saturated carbocycles. The Bertz CT molecular complexity index is 285. The summed E-state index contributed by atoms with van der Waals surface area (Å²) in [5.74, 6) is 0. The average molecular weight is 360 g/mol. The van der Waals surface area contributed by atoms with Crippen molar-refractivity contribution >= 4 is 7.60 Å². The van der Waals surface area contributed by atoms with Gasteiger partial charge in [0.1, 0.15) is 0 Å². The maximum Gasteiger partial charge on any atom is 0.325 e. The highest BCUT2D eigenvalue weighted by atomic mass is 31.2. The molecule has 0 heterocycles. The van der Waals surface area contributed by atoms with E-state index in [2.05, 4.69) is 4.52 Å². The van der Waals surface area contributed by atoms with Gasteiger partial charge in [0.15, 0.2) is 0 Å². The predicted octanol–water partition coefficient (Wildman–Crippen LogP) is -0.106. The van der Waals surface area contributed by atoms with Crippen molar-refractivity contribution in [2.45, 2.75) is 0 Å². The first-order chi connectivity index (χ1) is 11.1. The molecule has 0 aromatic rings.